The van der Waals surface area contributed by atoms with Gasteiger partial charge in [0.25, 0.3) is 5.91 Å². The Kier molecular flexibility index (Phi) is 7.24. The molecule has 1 atom stereocenters. The Bertz CT molecular complexity index is 1030. The average Bonchev–Trinajstić information content (AvgIpc) is 3.53. The fourth-order valence-electron chi connectivity index (χ4n) is 3.54. The zero-order chi connectivity index (χ0) is 22.3. The van der Waals surface area contributed by atoms with Gasteiger partial charge in [-0.25, -0.2) is 4.98 Å². The van der Waals surface area contributed by atoms with Crippen LogP contribution in [0.2, 0.25) is 0 Å². The van der Waals surface area contributed by atoms with Gasteiger partial charge in [-0.2, -0.15) is 0 Å². The normalized spacial score (nSPS) is 15.4. The molecule has 1 unspecified atom stereocenters. The number of carbonyl (C=O) groups is 1. The van der Waals surface area contributed by atoms with Gasteiger partial charge in [-0.3, -0.25) is 9.69 Å². The first-order chi connectivity index (χ1) is 15.7. The van der Waals surface area contributed by atoms with Crippen molar-refractivity contribution in [2.24, 2.45) is 0 Å². The second-order valence-corrected chi connectivity index (χ2v) is 8.16. The molecule has 7 nitrogen and oxygen atoms in total. The Hall–Kier alpha value is -3.10. The number of rotatable bonds is 9. The van der Waals surface area contributed by atoms with E-state index < -0.39 is 0 Å². The van der Waals surface area contributed by atoms with Gasteiger partial charge in [-0.1, -0.05) is 18.2 Å². The van der Waals surface area contributed by atoms with Gasteiger partial charge < -0.3 is 18.9 Å². The summed E-state index contributed by atoms with van der Waals surface area (Å²) in [6, 6.07) is 14.9. The molecule has 0 radical (unpaired) electrons. The molecule has 0 aliphatic carbocycles. The lowest BCUT2D eigenvalue weighted by Crippen LogP contribution is -2.40. The number of para-hydroxylation sites is 1. The molecule has 1 fully saturated rings. The molecule has 1 aromatic heterocycles. The third-order valence-electron chi connectivity index (χ3n) is 5.22. The number of nitrogens with zero attached hydrogens (tertiary/aromatic N) is 2. The van der Waals surface area contributed by atoms with Crippen molar-refractivity contribution in [3.05, 3.63) is 53.9 Å². The van der Waals surface area contributed by atoms with Crippen molar-refractivity contribution in [3.8, 4) is 28.5 Å². The fraction of sp³-hybridized carbons (Fsp3) is 0.333. The Balaban J connectivity index is 1.57. The van der Waals surface area contributed by atoms with E-state index in [2.05, 4.69) is 0 Å². The lowest BCUT2D eigenvalue weighted by Gasteiger charge is -2.23. The van der Waals surface area contributed by atoms with Gasteiger partial charge in [0.1, 0.15) is 17.2 Å². The average molecular weight is 455 g/mol. The van der Waals surface area contributed by atoms with Crippen LogP contribution in [0.3, 0.4) is 0 Å². The number of benzene rings is 2. The van der Waals surface area contributed by atoms with Gasteiger partial charge in [0.05, 0.1) is 32.6 Å². The first-order valence-electron chi connectivity index (χ1n) is 10.5. The molecule has 2 aromatic carbocycles. The van der Waals surface area contributed by atoms with Crippen molar-refractivity contribution in [1.29, 1.82) is 0 Å². The lowest BCUT2D eigenvalue weighted by molar-refractivity contribution is -0.120. The molecule has 1 saturated heterocycles. The molecule has 1 aliphatic heterocycles. The summed E-state index contributed by atoms with van der Waals surface area (Å²) in [6.45, 7) is 1.09. The molecule has 2 heterocycles. The van der Waals surface area contributed by atoms with Crippen LogP contribution >= 0.6 is 11.3 Å². The van der Waals surface area contributed by atoms with Crippen LogP contribution in [0.4, 0.5) is 5.13 Å². The largest absolute Gasteiger partial charge is 0.497 e. The van der Waals surface area contributed by atoms with E-state index in [4.69, 9.17) is 23.9 Å². The second kappa shape index (κ2) is 10.5. The number of ether oxygens (including phenoxy) is 4. The zero-order valence-electron chi connectivity index (χ0n) is 18.2. The number of amides is 1. The number of anilines is 1. The first-order valence-corrected chi connectivity index (χ1v) is 11.3. The smallest absolute Gasteiger partial charge is 0.266 e. The molecule has 0 saturated carbocycles. The van der Waals surface area contributed by atoms with Gasteiger partial charge in [-0.05, 0) is 43.2 Å². The van der Waals surface area contributed by atoms with Crippen LogP contribution < -0.4 is 19.1 Å². The number of hydrogen-bond acceptors (Lipinski definition) is 7. The maximum atomic E-state index is 13.1. The van der Waals surface area contributed by atoms with Crippen LogP contribution in [-0.4, -0.2) is 51.0 Å². The number of hydrogen-bond donors (Lipinski definition) is 0. The summed E-state index contributed by atoms with van der Waals surface area (Å²) >= 11 is 1.41. The van der Waals surface area contributed by atoms with E-state index in [1.54, 1.807) is 19.1 Å². The lowest BCUT2D eigenvalue weighted by atomic mass is 10.1. The highest BCUT2D eigenvalue weighted by molar-refractivity contribution is 7.14. The van der Waals surface area contributed by atoms with Gasteiger partial charge in [-0.15, -0.1) is 11.3 Å². The topological polar surface area (TPSA) is 70.1 Å². The predicted molar refractivity (Wildman–Crippen MR) is 124 cm³/mol. The highest BCUT2D eigenvalue weighted by atomic mass is 32.1. The van der Waals surface area contributed by atoms with Crippen LogP contribution in [0.5, 0.6) is 17.2 Å². The fourth-order valence-corrected chi connectivity index (χ4v) is 4.40. The SMILES string of the molecule is COc1ccc(OC)c(-c2csc(N(CC3CCCO3)C(=O)COc3ccccc3)n2)c1. The van der Waals surface area contributed by atoms with Gasteiger partial charge in [0.15, 0.2) is 11.7 Å². The van der Waals surface area contributed by atoms with Crippen LogP contribution in [0.1, 0.15) is 12.8 Å². The minimum absolute atomic E-state index is 0.00520. The Morgan fingerprint density at radius 2 is 2.00 bits per heavy atom. The molecule has 4 rings (SSSR count). The van der Waals surface area contributed by atoms with Crippen LogP contribution in [0.15, 0.2) is 53.9 Å². The minimum atomic E-state index is -0.164. The van der Waals surface area contributed by atoms with Crippen molar-refractivity contribution in [2.45, 2.75) is 18.9 Å². The molecule has 168 valence electrons. The summed E-state index contributed by atoms with van der Waals surface area (Å²) in [6.07, 6.45) is 1.91. The quantitative estimate of drug-likeness (QED) is 0.477. The molecule has 0 N–H and O–H groups in total. The standard InChI is InChI=1S/C24H26N2O5S/c1-28-18-10-11-22(29-2)20(13-18)21-16-32-24(25-21)26(14-19-9-6-12-30-19)23(27)15-31-17-7-4-3-5-8-17/h3-5,7-8,10-11,13,16,19H,6,9,12,14-15H2,1-2H3. The summed E-state index contributed by atoms with van der Waals surface area (Å²) in [5.41, 5.74) is 1.52. The van der Waals surface area contributed by atoms with Gasteiger partial charge in [0.2, 0.25) is 0 Å². The number of carbonyl (C=O) groups excluding carboxylic acids is 1. The predicted octanol–water partition coefficient (Wildman–Crippen LogP) is 4.42. The van der Waals surface area contributed by atoms with Crippen LogP contribution in [0.25, 0.3) is 11.3 Å². The minimum Gasteiger partial charge on any atom is -0.497 e. The summed E-state index contributed by atoms with van der Waals surface area (Å²) in [7, 11) is 3.24. The number of aromatic nitrogens is 1. The summed E-state index contributed by atoms with van der Waals surface area (Å²) < 4.78 is 22.3. The molecule has 0 spiro atoms. The monoisotopic (exact) mass is 454 g/mol. The van der Waals surface area contributed by atoms with E-state index in [0.29, 0.717) is 28.9 Å². The summed E-state index contributed by atoms with van der Waals surface area (Å²) in [4.78, 5) is 19.6. The first kappa shape index (κ1) is 22.1. The van der Waals surface area contributed by atoms with Crippen molar-refractivity contribution >= 4 is 22.4 Å². The van der Waals surface area contributed by atoms with E-state index in [0.717, 1.165) is 30.7 Å². The second-order valence-electron chi connectivity index (χ2n) is 7.32. The van der Waals surface area contributed by atoms with Crippen LogP contribution in [-0.2, 0) is 9.53 Å². The summed E-state index contributed by atoms with van der Waals surface area (Å²) in [5.74, 6) is 1.88. The highest BCUT2D eigenvalue weighted by Gasteiger charge is 2.27. The summed E-state index contributed by atoms with van der Waals surface area (Å²) in [5, 5.41) is 2.52. The van der Waals surface area contributed by atoms with Crippen molar-refractivity contribution < 1.29 is 23.7 Å². The van der Waals surface area contributed by atoms with Gasteiger partial charge >= 0.3 is 0 Å². The third kappa shape index (κ3) is 5.20. The molecule has 1 aliphatic rings. The van der Waals surface area contributed by atoms with Crippen LogP contribution in [0, 0.1) is 0 Å². The number of methoxy groups -OCH3 is 2. The maximum Gasteiger partial charge on any atom is 0.266 e. The van der Waals surface area contributed by atoms with Crippen molar-refractivity contribution in [2.75, 3.05) is 38.9 Å². The highest BCUT2D eigenvalue weighted by Crippen LogP contribution is 2.36. The van der Waals surface area contributed by atoms with E-state index in [-0.39, 0.29) is 18.6 Å². The van der Waals surface area contributed by atoms with Gasteiger partial charge in [0, 0.05) is 17.6 Å². The molecular weight excluding hydrogens is 428 g/mol. The Morgan fingerprint density at radius 3 is 2.72 bits per heavy atom. The molecule has 8 heteroatoms. The van der Waals surface area contributed by atoms with E-state index in [1.165, 1.54) is 11.3 Å². The van der Waals surface area contributed by atoms with E-state index >= 15 is 0 Å². The molecular formula is C24H26N2O5S. The van der Waals surface area contributed by atoms with Crippen molar-refractivity contribution in [1.82, 2.24) is 4.98 Å². The van der Waals surface area contributed by atoms with E-state index in [1.807, 2.05) is 53.9 Å². The molecule has 3 aromatic rings. The Labute approximate surface area is 191 Å². The van der Waals surface area contributed by atoms with Crippen molar-refractivity contribution in [3.63, 3.8) is 0 Å². The Morgan fingerprint density at radius 1 is 1.16 bits per heavy atom. The zero-order valence-corrected chi connectivity index (χ0v) is 19.0. The van der Waals surface area contributed by atoms with E-state index in [9.17, 15) is 4.79 Å². The maximum absolute atomic E-state index is 13.1. The molecule has 32 heavy (non-hydrogen) atoms. The number of thiazole rings is 1. The molecule has 0 bridgehead atoms. The third-order valence-corrected chi connectivity index (χ3v) is 6.09. The molecule has 1 amide bonds.